The largest absolute Gasteiger partial charge is 0.394 e. The summed E-state index contributed by atoms with van der Waals surface area (Å²) in [5.74, 6) is -1.56. The van der Waals surface area contributed by atoms with Crippen LogP contribution < -0.4 is 10.6 Å². The van der Waals surface area contributed by atoms with Crippen molar-refractivity contribution in [2.45, 2.75) is 43.8 Å². The van der Waals surface area contributed by atoms with E-state index >= 15 is 0 Å². The molecule has 226 valence electrons. The number of anilines is 1. The number of fused-ring (bicyclic) bond motifs is 1. The van der Waals surface area contributed by atoms with Gasteiger partial charge < -0.3 is 20.3 Å². The molecule has 11 heteroatoms. The van der Waals surface area contributed by atoms with Crippen LogP contribution in [0.5, 0.6) is 0 Å². The number of ketones is 1. The number of hydrogen-bond donors (Lipinski definition) is 2. The highest BCUT2D eigenvalue weighted by Gasteiger charge is 2.36. The molecule has 0 amide bonds. The Balaban J connectivity index is 1.36. The molecule has 0 radical (unpaired) electrons. The summed E-state index contributed by atoms with van der Waals surface area (Å²) in [6.07, 6.45) is 3.77. The molecule has 1 aliphatic heterocycles. The molecule has 0 spiro atoms. The van der Waals surface area contributed by atoms with Crippen molar-refractivity contribution < 1.29 is 18.7 Å². The molecule has 2 atom stereocenters. The van der Waals surface area contributed by atoms with Crippen molar-refractivity contribution in [3.05, 3.63) is 101 Å². The van der Waals surface area contributed by atoms with Crippen molar-refractivity contribution in [1.82, 2.24) is 19.5 Å². The highest BCUT2D eigenvalue weighted by molar-refractivity contribution is 6.01. The zero-order valence-corrected chi connectivity index (χ0v) is 24.2. The molecule has 3 aromatic carbocycles. The Bertz CT molecular complexity index is 1980. The van der Waals surface area contributed by atoms with Crippen molar-refractivity contribution in [3.8, 4) is 22.8 Å². The predicted molar refractivity (Wildman–Crippen MR) is 166 cm³/mol. The summed E-state index contributed by atoms with van der Waals surface area (Å²) in [6.45, 7) is 8.08. The average Bonchev–Trinajstić information content (AvgIpc) is 3.71. The lowest BCUT2D eigenvalue weighted by atomic mass is 10.0. The number of para-hydroxylation sites is 1. The summed E-state index contributed by atoms with van der Waals surface area (Å²) in [5.41, 5.74) is 10.1. The number of halogens is 2. The molecule has 3 N–H and O–H groups in total. The first-order chi connectivity index (χ1) is 21.9. The summed E-state index contributed by atoms with van der Waals surface area (Å²) >= 11 is 0. The number of aliphatic hydroxyl groups excluding tert-OH is 1. The van der Waals surface area contributed by atoms with E-state index in [1.54, 1.807) is 6.07 Å². The van der Waals surface area contributed by atoms with Crippen molar-refractivity contribution in [2.75, 3.05) is 18.1 Å². The van der Waals surface area contributed by atoms with Gasteiger partial charge in [-0.05, 0) is 49.1 Å². The van der Waals surface area contributed by atoms with Crippen LogP contribution in [0.25, 0.3) is 38.7 Å². The lowest BCUT2D eigenvalue weighted by molar-refractivity contribution is 0.0988. The van der Waals surface area contributed by atoms with Gasteiger partial charge in [0.1, 0.15) is 28.7 Å². The molecule has 2 fully saturated rings. The number of aromatic nitrogens is 4. The van der Waals surface area contributed by atoms with Crippen molar-refractivity contribution in [1.29, 1.82) is 0 Å². The number of rotatable bonds is 8. The molecule has 9 nitrogen and oxygen atoms in total. The van der Waals surface area contributed by atoms with E-state index in [1.807, 2.05) is 35.2 Å². The molecular formula is C34H29F2N7O2. The first-order valence-corrected chi connectivity index (χ1v) is 14.8. The van der Waals surface area contributed by atoms with Gasteiger partial charge in [0, 0.05) is 36.8 Å². The SMILES string of the molecule is [C-]#[N+]c1ccccc1-c1nc2c(N3C[C@H](N)C[C@H]3CO)c(CC(=O)c3ccnc(-c4c(F)cccc4F)n3)ccc2n1C1CC1. The van der Waals surface area contributed by atoms with E-state index in [2.05, 4.69) is 19.4 Å². The number of Topliss-reactive ketones (excluding diaryl/α,β-unsaturated/α-hetero) is 1. The zero-order valence-electron chi connectivity index (χ0n) is 24.2. The highest BCUT2D eigenvalue weighted by Crippen LogP contribution is 2.46. The van der Waals surface area contributed by atoms with Gasteiger partial charge in [-0.15, -0.1) is 0 Å². The van der Waals surface area contributed by atoms with Gasteiger partial charge in [0.15, 0.2) is 17.3 Å². The smallest absolute Gasteiger partial charge is 0.197 e. The van der Waals surface area contributed by atoms with Crippen molar-refractivity contribution in [3.63, 3.8) is 0 Å². The molecule has 1 saturated heterocycles. The van der Waals surface area contributed by atoms with Crippen molar-refractivity contribution in [2.24, 2.45) is 5.73 Å². The number of nitrogens with two attached hydrogens (primary N) is 1. The Labute approximate surface area is 257 Å². The maximum atomic E-state index is 14.5. The van der Waals surface area contributed by atoms with Gasteiger partial charge in [0.2, 0.25) is 0 Å². The minimum absolute atomic E-state index is 0.0146. The second kappa shape index (κ2) is 11.5. The quantitative estimate of drug-likeness (QED) is 0.174. The first kappa shape index (κ1) is 28.7. The summed E-state index contributed by atoms with van der Waals surface area (Å²) in [5, 5.41) is 10.3. The fraction of sp³-hybridized carbons (Fsp3) is 0.265. The monoisotopic (exact) mass is 605 g/mol. The number of benzene rings is 3. The summed E-state index contributed by atoms with van der Waals surface area (Å²) in [6, 6.07) is 15.9. The standard InChI is InChI=1S/C34H29F2N7O2/c1-38-26-8-3-2-5-23(26)34-41-31-28(43(34)21-10-11-21)12-9-19(32(31)42-17-20(37)16-22(42)18-44)15-29(45)27-13-14-39-33(40-27)30-24(35)6-4-7-25(30)36/h2-9,12-14,20-22,44H,10-11,15-18,37H2/t20-,22+/m1/s1. The van der Waals surface area contributed by atoms with Gasteiger partial charge in [-0.1, -0.05) is 36.4 Å². The van der Waals surface area contributed by atoms with Gasteiger partial charge in [-0.2, -0.15) is 0 Å². The lowest BCUT2D eigenvalue weighted by Crippen LogP contribution is -2.34. The van der Waals surface area contributed by atoms with Gasteiger partial charge in [-0.3, -0.25) is 4.79 Å². The van der Waals surface area contributed by atoms with Crippen LogP contribution in [0.15, 0.2) is 66.9 Å². The molecule has 0 unspecified atom stereocenters. The molecule has 1 saturated carbocycles. The second-order valence-electron chi connectivity index (χ2n) is 11.6. The number of aliphatic hydroxyl groups is 1. The summed E-state index contributed by atoms with van der Waals surface area (Å²) in [4.78, 5) is 32.9. The van der Waals surface area contributed by atoms with Crippen LogP contribution in [0.3, 0.4) is 0 Å². The maximum absolute atomic E-state index is 14.5. The van der Waals surface area contributed by atoms with Crippen molar-refractivity contribution >= 4 is 28.2 Å². The molecule has 0 bridgehead atoms. The number of nitrogens with zero attached hydrogens (tertiary/aromatic N) is 6. The number of imidazole rings is 1. The van der Waals surface area contributed by atoms with Crippen LogP contribution in [-0.4, -0.2) is 55.6 Å². The highest BCUT2D eigenvalue weighted by atomic mass is 19.1. The minimum Gasteiger partial charge on any atom is -0.394 e. The second-order valence-corrected chi connectivity index (χ2v) is 11.6. The number of carbonyl (C=O) groups is 1. The van der Waals surface area contributed by atoms with Gasteiger partial charge in [0.25, 0.3) is 0 Å². The van der Waals surface area contributed by atoms with E-state index in [4.69, 9.17) is 17.3 Å². The van der Waals surface area contributed by atoms with Crippen LogP contribution in [0.2, 0.25) is 0 Å². The third kappa shape index (κ3) is 5.12. The maximum Gasteiger partial charge on any atom is 0.197 e. The van der Waals surface area contributed by atoms with Crippen LogP contribution >= 0.6 is 0 Å². The van der Waals surface area contributed by atoms with Crippen LogP contribution in [-0.2, 0) is 6.42 Å². The number of carbonyl (C=O) groups excluding carboxylic acids is 1. The number of hydrogen-bond acceptors (Lipinski definition) is 7. The van der Waals surface area contributed by atoms with Crippen LogP contribution in [0.4, 0.5) is 20.2 Å². The Kier molecular flexibility index (Phi) is 7.31. The van der Waals surface area contributed by atoms with Crippen LogP contribution in [0.1, 0.15) is 41.4 Å². The molecule has 7 rings (SSSR count). The van der Waals surface area contributed by atoms with Gasteiger partial charge >= 0.3 is 0 Å². The van der Waals surface area contributed by atoms with Gasteiger partial charge in [-0.25, -0.2) is 28.6 Å². The minimum atomic E-state index is -0.824. The molecule has 2 aromatic heterocycles. The van der Waals surface area contributed by atoms with E-state index in [1.165, 1.54) is 18.3 Å². The Morgan fingerprint density at radius 1 is 1.04 bits per heavy atom. The van der Waals surface area contributed by atoms with Crippen LogP contribution in [0, 0.1) is 18.2 Å². The van der Waals surface area contributed by atoms with E-state index in [0.717, 1.165) is 36.1 Å². The summed E-state index contributed by atoms with van der Waals surface area (Å²) < 4.78 is 31.2. The summed E-state index contributed by atoms with van der Waals surface area (Å²) in [7, 11) is 0. The fourth-order valence-electron chi connectivity index (χ4n) is 6.31. The third-order valence-corrected chi connectivity index (χ3v) is 8.52. The molecule has 5 aromatic rings. The van der Waals surface area contributed by atoms with E-state index in [-0.39, 0.29) is 48.5 Å². The molecular weight excluding hydrogens is 576 g/mol. The van der Waals surface area contributed by atoms with E-state index in [0.29, 0.717) is 41.2 Å². The molecule has 45 heavy (non-hydrogen) atoms. The molecule has 2 aliphatic rings. The van der Waals surface area contributed by atoms with E-state index < -0.39 is 17.2 Å². The average molecular weight is 606 g/mol. The predicted octanol–water partition coefficient (Wildman–Crippen LogP) is 5.65. The topological polar surface area (TPSA) is 115 Å². The van der Waals surface area contributed by atoms with E-state index in [9.17, 15) is 18.7 Å². The first-order valence-electron chi connectivity index (χ1n) is 14.8. The fourth-order valence-corrected chi connectivity index (χ4v) is 6.31. The Morgan fingerprint density at radius 2 is 1.82 bits per heavy atom. The zero-order chi connectivity index (χ0) is 31.2. The Hall–Kier alpha value is -5.05. The molecule has 3 heterocycles. The molecule has 1 aliphatic carbocycles. The third-order valence-electron chi connectivity index (χ3n) is 8.52. The Morgan fingerprint density at radius 3 is 2.56 bits per heavy atom. The lowest BCUT2D eigenvalue weighted by Gasteiger charge is -2.28. The normalized spacial score (nSPS) is 18.0. The van der Waals surface area contributed by atoms with Gasteiger partial charge in [0.05, 0.1) is 36.0 Å².